The molecule has 1 saturated heterocycles. The zero-order chi connectivity index (χ0) is 20.4. The maximum Gasteiger partial charge on any atom is 0.274 e. The number of aryl methyl sites for hydroxylation is 1. The second kappa shape index (κ2) is 8.42. The molecule has 1 aliphatic heterocycles. The quantitative estimate of drug-likeness (QED) is 0.563. The molecule has 0 radical (unpaired) electrons. The van der Waals surface area contributed by atoms with Gasteiger partial charge in [-0.1, -0.05) is 12.1 Å². The fourth-order valence-electron chi connectivity index (χ4n) is 3.48. The molecule has 0 unspecified atom stereocenters. The lowest BCUT2D eigenvalue weighted by atomic mass is 10.1. The summed E-state index contributed by atoms with van der Waals surface area (Å²) in [6, 6.07) is 7.79. The average molecular weight is 432 g/mol. The summed E-state index contributed by atoms with van der Waals surface area (Å²) in [5.41, 5.74) is 1.19. The molecule has 3 heterocycles. The average Bonchev–Trinajstić information content (AvgIpc) is 3.35. The van der Waals surface area contributed by atoms with Gasteiger partial charge in [0.15, 0.2) is 0 Å². The third-order valence-electron chi connectivity index (χ3n) is 4.82. The van der Waals surface area contributed by atoms with Crippen molar-refractivity contribution in [1.29, 1.82) is 0 Å². The third-order valence-corrected chi connectivity index (χ3v) is 6.13. The van der Waals surface area contributed by atoms with Crippen LogP contribution in [0.5, 0.6) is 0 Å². The summed E-state index contributed by atoms with van der Waals surface area (Å²) in [7, 11) is 0. The van der Waals surface area contributed by atoms with Gasteiger partial charge in [0.1, 0.15) is 11.5 Å². The topological polar surface area (TPSA) is 62.2 Å². The molecule has 1 fully saturated rings. The lowest BCUT2D eigenvalue weighted by molar-refractivity contribution is 0.0737. The van der Waals surface area contributed by atoms with Crippen LogP contribution in [0.25, 0.3) is 10.4 Å². The molecule has 6 nitrogen and oxygen atoms in total. The van der Waals surface area contributed by atoms with E-state index in [-0.39, 0.29) is 17.8 Å². The fourth-order valence-corrected chi connectivity index (χ4v) is 4.64. The lowest BCUT2D eigenvalue weighted by Crippen LogP contribution is -2.41. The van der Waals surface area contributed by atoms with Gasteiger partial charge in [0, 0.05) is 30.7 Å². The predicted octanol–water partition coefficient (Wildman–Crippen LogP) is 4.31. The van der Waals surface area contributed by atoms with Gasteiger partial charge in [-0.2, -0.15) is 0 Å². The van der Waals surface area contributed by atoms with Gasteiger partial charge in [0.2, 0.25) is 5.95 Å². The van der Waals surface area contributed by atoms with Crippen molar-refractivity contribution in [1.82, 2.24) is 19.9 Å². The van der Waals surface area contributed by atoms with Crippen LogP contribution in [0.1, 0.15) is 28.3 Å². The summed E-state index contributed by atoms with van der Waals surface area (Å²) in [4.78, 5) is 28.7. The second-order valence-electron chi connectivity index (χ2n) is 6.81. The van der Waals surface area contributed by atoms with Crippen molar-refractivity contribution < 1.29 is 9.18 Å². The van der Waals surface area contributed by atoms with Crippen molar-refractivity contribution >= 4 is 35.0 Å². The minimum absolute atomic E-state index is 0.0631. The molecule has 3 aromatic rings. The first-order valence-electron chi connectivity index (χ1n) is 9.27. The Morgan fingerprint density at radius 3 is 2.76 bits per heavy atom. The highest BCUT2D eigenvalue weighted by molar-refractivity contribution is 7.15. The normalized spacial score (nSPS) is 16.2. The monoisotopic (exact) mass is 431 g/mol. The van der Waals surface area contributed by atoms with Gasteiger partial charge in [-0.25, -0.2) is 19.3 Å². The molecule has 1 aliphatic rings. The van der Waals surface area contributed by atoms with Gasteiger partial charge in [-0.3, -0.25) is 9.21 Å². The van der Waals surface area contributed by atoms with Crippen LogP contribution in [0, 0.1) is 12.7 Å². The largest absolute Gasteiger partial charge is 0.332 e. The number of thiazole rings is 1. The molecular weight excluding hydrogens is 413 g/mol. The third kappa shape index (κ3) is 4.23. The van der Waals surface area contributed by atoms with Crippen LogP contribution >= 0.6 is 23.1 Å². The molecule has 9 heteroatoms. The number of likely N-dealkylation sites (tertiary alicyclic amines) is 1. The van der Waals surface area contributed by atoms with E-state index in [9.17, 15) is 9.18 Å². The maximum absolute atomic E-state index is 13.4. The van der Waals surface area contributed by atoms with Crippen LogP contribution < -0.4 is 4.42 Å². The highest BCUT2D eigenvalue weighted by atomic mass is 35.5. The number of amides is 1. The highest BCUT2D eigenvalue weighted by Crippen LogP contribution is 2.33. The van der Waals surface area contributed by atoms with Crippen molar-refractivity contribution in [3.05, 3.63) is 59.2 Å². The number of nitrogens with zero attached hydrogens (tertiary/aromatic N) is 5. The Balaban J connectivity index is 1.57. The number of aromatic nitrogens is 3. The number of hydrogen-bond acceptors (Lipinski definition) is 6. The van der Waals surface area contributed by atoms with Crippen LogP contribution in [0.4, 0.5) is 10.3 Å². The van der Waals surface area contributed by atoms with Gasteiger partial charge < -0.3 is 4.90 Å². The molecule has 0 spiro atoms. The maximum atomic E-state index is 13.4. The van der Waals surface area contributed by atoms with Gasteiger partial charge in [-0.05, 0) is 43.5 Å². The number of halogens is 2. The van der Waals surface area contributed by atoms with Crippen molar-refractivity contribution in [2.75, 3.05) is 17.5 Å². The van der Waals surface area contributed by atoms with E-state index in [4.69, 9.17) is 11.8 Å². The van der Waals surface area contributed by atoms with E-state index in [2.05, 4.69) is 15.0 Å². The van der Waals surface area contributed by atoms with Gasteiger partial charge >= 0.3 is 0 Å². The van der Waals surface area contributed by atoms with Crippen molar-refractivity contribution in [2.45, 2.75) is 25.8 Å². The molecular formula is C20H19ClFN5OS. The number of hydrogen-bond donors (Lipinski definition) is 0. The van der Waals surface area contributed by atoms with E-state index in [1.807, 2.05) is 11.8 Å². The van der Waals surface area contributed by atoms with E-state index in [0.717, 1.165) is 28.3 Å². The van der Waals surface area contributed by atoms with Crippen LogP contribution in [0.15, 0.2) is 42.7 Å². The van der Waals surface area contributed by atoms with Crippen molar-refractivity contribution in [3.8, 4) is 10.4 Å². The van der Waals surface area contributed by atoms with Crippen molar-refractivity contribution in [2.24, 2.45) is 0 Å². The zero-order valence-electron chi connectivity index (χ0n) is 15.8. The van der Waals surface area contributed by atoms with E-state index < -0.39 is 0 Å². The van der Waals surface area contributed by atoms with Gasteiger partial charge in [0.25, 0.3) is 5.91 Å². The molecule has 0 aliphatic carbocycles. The summed E-state index contributed by atoms with van der Waals surface area (Å²) < 4.78 is 14.8. The predicted molar refractivity (Wildman–Crippen MR) is 112 cm³/mol. The minimum atomic E-state index is -0.312. The van der Waals surface area contributed by atoms with Gasteiger partial charge in [0.05, 0.1) is 22.5 Å². The standard InChI is InChI=1S/C20H19ClFN5OS/c1-13-25-17(18(29-13)14-5-7-15(22)8-6-14)19(28)26-11-2-4-16(26)12-27(21)20-23-9-3-10-24-20/h3,5-10,16H,2,4,11-12H2,1H3/t16-/m0/s1. The number of carbonyl (C=O) groups is 1. The number of benzene rings is 1. The molecule has 1 amide bonds. The van der Waals surface area contributed by atoms with E-state index in [1.54, 1.807) is 30.6 Å². The molecule has 0 bridgehead atoms. The Bertz CT molecular complexity index is 998. The van der Waals surface area contributed by atoms with Crippen LogP contribution in [0.2, 0.25) is 0 Å². The summed E-state index contributed by atoms with van der Waals surface area (Å²) in [6.45, 7) is 2.93. The molecule has 0 saturated carbocycles. The number of carbonyl (C=O) groups excluding carboxylic acids is 1. The van der Waals surface area contributed by atoms with E-state index in [1.165, 1.54) is 27.9 Å². The van der Waals surface area contributed by atoms with Crippen molar-refractivity contribution in [3.63, 3.8) is 0 Å². The molecule has 2 aromatic heterocycles. The Kier molecular flexibility index (Phi) is 5.73. The van der Waals surface area contributed by atoms with E-state index >= 15 is 0 Å². The first-order chi connectivity index (χ1) is 14.0. The van der Waals surface area contributed by atoms with E-state index in [0.29, 0.717) is 24.7 Å². The molecule has 29 heavy (non-hydrogen) atoms. The Morgan fingerprint density at radius 1 is 1.31 bits per heavy atom. The Morgan fingerprint density at radius 2 is 2.03 bits per heavy atom. The SMILES string of the molecule is Cc1nc(C(=O)N2CCC[C@H]2CN(Cl)c2ncccn2)c(-c2ccc(F)cc2)s1. The van der Waals surface area contributed by atoms with Gasteiger partial charge in [-0.15, -0.1) is 11.3 Å². The Hall–Kier alpha value is -2.58. The Labute approximate surface area is 177 Å². The van der Waals surface area contributed by atoms with Crippen LogP contribution in [-0.2, 0) is 0 Å². The van der Waals surface area contributed by atoms with Crippen LogP contribution in [0.3, 0.4) is 0 Å². The molecule has 4 rings (SSSR count). The zero-order valence-corrected chi connectivity index (χ0v) is 17.3. The van der Waals surface area contributed by atoms with Crippen LogP contribution in [-0.4, -0.2) is 44.9 Å². The first kappa shape index (κ1) is 19.7. The summed E-state index contributed by atoms with van der Waals surface area (Å²) in [5, 5.41) is 0.792. The summed E-state index contributed by atoms with van der Waals surface area (Å²) in [6.07, 6.45) is 4.99. The number of anilines is 1. The number of rotatable bonds is 5. The fraction of sp³-hybridized carbons (Fsp3) is 0.300. The molecule has 1 atom stereocenters. The first-order valence-corrected chi connectivity index (χ1v) is 10.4. The summed E-state index contributed by atoms with van der Waals surface area (Å²) >= 11 is 7.80. The lowest BCUT2D eigenvalue weighted by Gasteiger charge is -2.27. The highest BCUT2D eigenvalue weighted by Gasteiger charge is 2.33. The summed E-state index contributed by atoms with van der Waals surface area (Å²) in [5.74, 6) is -0.0343. The minimum Gasteiger partial charge on any atom is -0.332 e. The molecule has 150 valence electrons. The smallest absolute Gasteiger partial charge is 0.274 e. The molecule has 1 aromatic carbocycles. The second-order valence-corrected chi connectivity index (χ2v) is 8.42. The molecule has 0 N–H and O–H groups in total.